The summed E-state index contributed by atoms with van der Waals surface area (Å²) in [7, 11) is 0. The lowest BCUT2D eigenvalue weighted by molar-refractivity contribution is -0.152. The van der Waals surface area contributed by atoms with Crippen molar-refractivity contribution in [2.45, 2.75) is 20.3 Å². The monoisotopic (exact) mass is 386 g/mol. The Morgan fingerprint density at radius 3 is 2.55 bits per heavy atom. The van der Waals surface area contributed by atoms with Crippen LogP contribution in [-0.2, 0) is 9.59 Å². The molecule has 2 aliphatic carbocycles. The second-order valence-corrected chi connectivity index (χ2v) is 8.33. The summed E-state index contributed by atoms with van der Waals surface area (Å²) in [4.78, 5) is 25.3. The molecule has 1 fully saturated rings. The minimum atomic E-state index is -0.911. The van der Waals surface area contributed by atoms with Gasteiger partial charge >= 0.3 is 11.9 Å². The Bertz CT molecular complexity index is 1210. The van der Waals surface area contributed by atoms with Crippen LogP contribution in [0.2, 0.25) is 0 Å². The molecule has 0 saturated heterocycles. The topological polar surface area (TPSA) is 63.6 Å². The van der Waals surface area contributed by atoms with E-state index in [1.807, 2.05) is 56.3 Å². The van der Waals surface area contributed by atoms with Crippen molar-refractivity contribution in [1.29, 1.82) is 0 Å². The van der Waals surface area contributed by atoms with Crippen LogP contribution in [0.15, 0.2) is 60.2 Å². The molecule has 0 heterocycles. The molecular weight excluding hydrogens is 364 g/mol. The van der Waals surface area contributed by atoms with Crippen molar-refractivity contribution in [1.82, 2.24) is 0 Å². The highest BCUT2D eigenvalue weighted by Gasteiger charge is 2.54. The molecule has 3 aromatic rings. The summed E-state index contributed by atoms with van der Waals surface area (Å²) in [5, 5.41) is 13.6. The molecule has 4 atom stereocenters. The number of fused-ring (bicyclic) bond motifs is 4. The summed E-state index contributed by atoms with van der Waals surface area (Å²) < 4.78 is 6.04. The molecule has 4 unspecified atom stereocenters. The van der Waals surface area contributed by atoms with Gasteiger partial charge in [-0.1, -0.05) is 54.1 Å². The molecule has 1 N–H and O–H groups in total. The fraction of sp³-hybridized carbons (Fsp3) is 0.280. The van der Waals surface area contributed by atoms with E-state index in [1.165, 1.54) is 0 Å². The number of carboxylic acid groups (broad SMARTS) is 1. The smallest absolute Gasteiger partial charge is 0.315 e. The van der Waals surface area contributed by atoms with Crippen LogP contribution in [0.1, 0.15) is 18.9 Å². The summed E-state index contributed by atoms with van der Waals surface area (Å²) in [5.74, 6) is -2.29. The predicted octanol–water partition coefficient (Wildman–Crippen LogP) is 5.12. The number of aryl methyl sites for hydroxylation is 1. The largest absolute Gasteiger partial charge is 0.481 e. The fourth-order valence-electron chi connectivity index (χ4n) is 5.38. The maximum Gasteiger partial charge on any atom is 0.315 e. The number of aliphatic carboxylic acids is 1. The third kappa shape index (κ3) is 2.66. The Morgan fingerprint density at radius 1 is 1.00 bits per heavy atom. The van der Waals surface area contributed by atoms with Crippen molar-refractivity contribution in [3.05, 3.63) is 65.7 Å². The predicted molar refractivity (Wildman–Crippen MR) is 112 cm³/mol. The highest BCUT2D eigenvalue weighted by molar-refractivity contribution is 6.08. The first-order valence-electron chi connectivity index (χ1n) is 9.99. The molecule has 0 amide bonds. The number of allylic oxidation sites excluding steroid dienone is 2. The van der Waals surface area contributed by atoms with E-state index in [-0.39, 0.29) is 11.8 Å². The van der Waals surface area contributed by atoms with Gasteiger partial charge in [0, 0.05) is 10.8 Å². The molecule has 2 bridgehead atoms. The van der Waals surface area contributed by atoms with Crippen molar-refractivity contribution in [3.63, 3.8) is 0 Å². The van der Waals surface area contributed by atoms with Gasteiger partial charge in [0.05, 0.1) is 11.8 Å². The lowest BCUT2D eigenvalue weighted by Gasteiger charge is -2.26. The number of esters is 1. The van der Waals surface area contributed by atoms with Crippen LogP contribution in [0, 0.1) is 30.6 Å². The van der Waals surface area contributed by atoms with Gasteiger partial charge in [0.15, 0.2) is 0 Å². The normalized spacial score (nSPS) is 25.4. The van der Waals surface area contributed by atoms with Crippen LogP contribution >= 0.6 is 0 Å². The molecule has 4 nitrogen and oxygen atoms in total. The zero-order valence-electron chi connectivity index (χ0n) is 16.4. The maximum absolute atomic E-state index is 13.3. The Kier molecular flexibility index (Phi) is 3.98. The molecule has 0 spiro atoms. The minimum Gasteiger partial charge on any atom is -0.481 e. The molecule has 3 aromatic carbocycles. The van der Waals surface area contributed by atoms with E-state index in [9.17, 15) is 14.7 Å². The van der Waals surface area contributed by atoms with Gasteiger partial charge in [0.1, 0.15) is 5.75 Å². The molecule has 0 aromatic heterocycles. The van der Waals surface area contributed by atoms with Gasteiger partial charge in [-0.3, -0.25) is 9.59 Å². The second-order valence-electron chi connectivity index (χ2n) is 8.33. The Labute approximate surface area is 168 Å². The molecule has 146 valence electrons. The van der Waals surface area contributed by atoms with Crippen LogP contribution < -0.4 is 4.74 Å². The average molecular weight is 386 g/mol. The van der Waals surface area contributed by atoms with E-state index in [1.54, 1.807) is 0 Å². The molecule has 0 aliphatic heterocycles. The Morgan fingerprint density at radius 2 is 1.76 bits per heavy atom. The summed E-state index contributed by atoms with van der Waals surface area (Å²) in [6, 6.07) is 15.9. The van der Waals surface area contributed by atoms with Crippen LogP contribution in [-0.4, -0.2) is 17.0 Å². The number of hydrogen-bond acceptors (Lipinski definition) is 3. The van der Waals surface area contributed by atoms with Crippen LogP contribution in [0.3, 0.4) is 0 Å². The number of carboxylic acids is 1. The van der Waals surface area contributed by atoms with Gasteiger partial charge in [-0.25, -0.2) is 0 Å². The summed E-state index contributed by atoms with van der Waals surface area (Å²) in [5.41, 5.74) is 2.10. The number of ether oxygens (including phenoxy) is 1. The SMILES string of the molecule is CC1=CC2CC1C(C(=O)O)C2C(=O)Oc1c2ccccc2cc2cccc(C)c12. The van der Waals surface area contributed by atoms with E-state index in [2.05, 4.69) is 12.1 Å². The van der Waals surface area contributed by atoms with Crippen molar-refractivity contribution < 1.29 is 19.4 Å². The minimum absolute atomic E-state index is 0.0593. The number of carbonyl (C=O) groups is 2. The standard InChI is InChI=1S/C25H22O4/c1-13-6-5-8-16-11-15-7-3-4-9-18(15)23(20(13)16)29-25(28)21-17-10-14(2)19(12-17)22(21)24(26)27/h3-11,17,19,21-22H,12H2,1-2H3,(H,26,27). The maximum atomic E-state index is 13.3. The second kappa shape index (κ2) is 6.45. The van der Waals surface area contributed by atoms with Gasteiger partial charge < -0.3 is 9.84 Å². The van der Waals surface area contributed by atoms with Gasteiger partial charge in [-0.2, -0.15) is 0 Å². The van der Waals surface area contributed by atoms with Crippen molar-refractivity contribution in [2.75, 3.05) is 0 Å². The van der Waals surface area contributed by atoms with Crippen molar-refractivity contribution in [3.8, 4) is 5.75 Å². The number of hydrogen-bond donors (Lipinski definition) is 1. The lowest BCUT2D eigenvalue weighted by Crippen LogP contribution is -2.36. The molecule has 29 heavy (non-hydrogen) atoms. The molecular formula is C25H22O4. The lowest BCUT2D eigenvalue weighted by atomic mass is 9.80. The van der Waals surface area contributed by atoms with Crippen molar-refractivity contribution >= 4 is 33.5 Å². The zero-order valence-corrected chi connectivity index (χ0v) is 16.4. The van der Waals surface area contributed by atoms with Crippen LogP contribution in [0.4, 0.5) is 0 Å². The highest BCUT2D eigenvalue weighted by atomic mass is 16.5. The zero-order chi connectivity index (χ0) is 20.3. The average Bonchev–Trinajstić information content (AvgIpc) is 3.25. The number of rotatable bonds is 3. The summed E-state index contributed by atoms with van der Waals surface area (Å²) in [6.45, 7) is 3.96. The van der Waals surface area contributed by atoms with Gasteiger partial charge in [-0.15, -0.1) is 0 Å². The van der Waals surface area contributed by atoms with Crippen LogP contribution in [0.25, 0.3) is 21.5 Å². The van der Waals surface area contributed by atoms with Crippen LogP contribution in [0.5, 0.6) is 5.75 Å². The van der Waals surface area contributed by atoms with E-state index < -0.39 is 23.8 Å². The fourth-order valence-corrected chi connectivity index (χ4v) is 5.38. The first kappa shape index (κ1) is 17.9. The van der Waals surface area contributed by atoms with E-state index >= 15 is 0 Å². The Balaban J connectivity index is 1.63. The third-order valence-corrected chi connectivity index (χ3v) is 6.68. The first-order chi connectivity index (χ1) is 14.0. The quantitative estimate of drug-likeness (QED) is 0.294. The van der Waals surface area contributed by atoms with Gasteiger partial charge in [0.25, 0.3) is 0 Å². The Hall–Kier alpha value is -3.14. The number of benzene rings is 3. The van der Waals surface area contributed by atoms with E-state index in [0.29, 0.717) is 5.75 Å². The molecule has 2 aliphatic rings. The van der Waals surface area contributed by atoms with E-state index in [0.717, 1.165) is 39.1 Å². The molecule has 4 heteroatoms. The summed E-state index contributed by atoms with van der Waals surface area (Å²) >= 11 is 0. The molecule has 1 saturated carbocycles. The van der Waals surface area contributed by atoms with Crippen molar-refractivity contribution in [2.24, 2.45) is 23.7 Å². The molecule has 5 rings (SSSR count). The molecule has 0 radical (unpaired) electrons. The third-order valence-electron chi connectivity index (χ3n) is 6.68. The van der Waals surface area contributed by atoms with Gasteiger partial charge in [0.2, 0.25) is 0 Å². The van der Waals surface area contributed by atoms with E-state index in [4.69, 9.17) is 4.74 Å². The highest BCUT2D eigenvalue weighted by Crippen LogP contribution is 2.52. The first-order valence-corrected chi connectivity index (χ1v) is 9.99. The summed E-state index contributed by atoms with van der Waals surface area (Å²) in [6.07, 6.45) is 2.78. The van der Waals surface area contributed by atoms with Gasteiger partial charge in [-0.05, 0) is 54.5 Å². The number of carbonyl (C=O) groups excluding carboxylic acids is 1.